The first-order valence-electron chi connectivity index (χ1n) is 6.90. The molecule has 0 aromatic carbocycles. The van der Waals surface area contributed by atoms with E-state index in [0.29, 0.717) is 18.5 Å². The first-order chi connectivity index (χ1) is 10.1. The van der Waals surface area contributed by atoms with Gasteiger partial charge in [0, 0.05) is 30.4 Å². The summed E-state index contributed by atoms with van der Waals surface area (Å²) in [7, 11) is 0. The van der Waals surface area contributed by atoms with Crippen molar-refractivity contribution < 1.29 is 19.1 Å². The number of aromatic amines is 1. The van der Waals surface area contributed by atoms with E-state index in [1.807, 2.05) is 0 Å². The number of hydrogen-bond acceptors (Lipinski definition) is 5. The molecule has 1 aliphatic heterocycles. The molecule has 2 heterocycles. The molecule has 1 N–H and O–H groups in total. The van der Waals surface area contributed by atoms with Crippen molar-refractivity contribution in [3.05, 3.63) is 33.2 Å². The van der Waals surface area contributed by atoms with E-state index in [0.717, 1.165) is 5.69 Å². The summed E-state index contributed by atoms with van der Waals surface area (Å²) in [4.78, 5) is 40.2. The number of carbonyl (C=O) groups excluding carboxylic acids is 2. The Kier molecular flexibility index (Phi) is 4.62. The fourth-order valence-electron chi connectivity index (χ4n) is 2.25. The highest BCUT2D eigenvalue weighted by molar-refractivity contribution is 5.89. The number of aromatic nitrogens is 1. The molecule has 0 radical (unpaired) electrons. The van der Waals surface area contributed by atoms with Crippen LogP contribution in [0.25, 0.3) is 0 Å². The second kappa shape index (κ2) is 6.43. The Labute approximate surface area is 121 Å². The van der Waals surface area contributed by atoms with Crippen LogP contribution in [0.2, 0.25) is 0 Å². The third-order valence-electron chi connectivity index (χ3n) is 3.28. The van der Waals surface area contributed by atoms with Crippen LogP contribution in [0.4, 0.5) is 4.79 Å². The zero-order valence-electron chi connectivity index (χ0n) is 12.1. The van der Waals surface area contributed by atoms with Crippen LogP contribution >= 0.6 is 0 Å². The normalized spacial score (nSPS) is 13.5. The highest BCUT2D eigenvalue weighted by atomic mass is 16.6. The first kappa shape index (κ1) is 15.1. The minimum atomic E-state index is -0.658. The summed E-state index contributed by atoms with van der Waals surface area (Å²) < 4.78 is 9.78. The van der Waals surface area contributed by atoms with Crippen LogP contribution in [0.3, 0.4) is 0 Å². The van der Waals surface area contributed by atoms with Crippen LogP contribution in [0, 0.1) is 0 Å². The lowest BCUT2D eigenvalue weighted by atomic mass is 10.0. The fourth-order valence-corrected chi connectivity index (χ4v) is 2.25. The maximum absolute atomic E-state index is 12.4. The molecule has 0 aliphatic carbocycles. The third kappa shape index (κ3) is 3.07. The average Bonchev–Trinajstić information content (AvgIpc) is 2.48. The molecule has 1 aromatic rings. The van der Waals surface area contributed by atoms with Gasteiger partial charge < -0.3 is 19.4 Å². The number of amides is 1. The van der Waals surface area contributed by atoms with Crippen molar-refractivity contribution in [3.63, 3.8) is 0 Å². The molecule has 0 fully saturated rings. The van der Waals surface area contributed by atoms with E-state index >= 15 is 0 Å². The van der Waals surface area contributed by atoms with Crippen LogP contribution in [0.5, 0.6) is 0 Å². The summed E-state index contributed by atoms with van der Waals surface area (Å²) in [6.45, 7) is 4.48. The predicted molar refractivity (Wildman–Crippen MR) is 74.2 cm³/mol. The predicted octanol–water partition coefficient (Wildman–Crippen LogP) is 1.07. The van der Waals surface area contributed by atoms with Crippen molar-refractivity contribution in [1.29, 1.82) is 0 Å². The maximum Gasteiger partial charge on any atom is 0.410 e. The Morgan fingerprint density at radius 3 is 2.67 bits per heavy atom. The van der Waals surface area contributed by atoms with Gasteiger partial charge in [-0.1, -0.05) is 0 Å². The quantitative estimate of drug-likeness (QED) is 0.842. The topological polar surface area (TPSA) is 88.7 Å². The molecule has 1 aliphatic rings. The number of pyridine rings is 1. The standard InChI is InChI=1S/C14H18N2O5/c1-3-20-13(18)9-7-15-11-5-6-16(14(19)21-4-2)8-10(11)12(9)17/h7H,3-6,8H2,1-2H3,(H,15,17). The summed E-state index contributed by atoms with van der Waals surface area (Å²) in [5.41, 5.74) is 0.728. The second-order valence-corrected chi connectivity index (χ2v) is 4.58. The van der Waals surface area contributed by atoms with E-state index in [9.17, 15) is 14.4 Å². The van der Waals surface area contributed by atoms with Crippen molar-refractivity contribution in [2.75, 3.05) is 19.8 Å². The van der Waals surface area contributed by atoms with E-state index < -0.39 is 17.5 Å². The molecule has 1 amide bonds. The molecule has 0 bridgehead atoms. The third-order valence-corrected chi connectivity index (χ3v) is 3.28. The van der Waals surface area contributed by atoms with Crippen molar-refractivity contribution in [1.82, 2.24) is 9.88 Å². The number of ether oxygens (including phenoxy) is 2. The maximum atomic E-state index is 12.4. The monoisotopic (exact) mass is 294 g/mol. The number of carbonyl (C=O) groups is 2. The van der Waals surface area contributed by atoms with Crippen LogP contribution in [0.1, 0.15) is 35.5 Å². The van der Waals surface area contributed by atoms with Gasteiger partial charge in [0.2, 0.25) is 5.43 Å². The zero-order chi connectivity index (χ0) is 15.4. The number of nitrogens with one attached hydrogen (secondary N) is 1. The molecule has 7 heteroatoms. The van der Waals surface area contributed by atoms with Gasteiger partial charge in [0.15, 0.2) is 0 Å². The average molecular weight is 294 g/mol. The van der Waals surface area contributed by atoms with E-state index in [4.69, 9.17) is 9.47 Å². The molecule has 0 saturated heterocycles. The summed E-state index contributed by atoms with van der Waals surface area (Å²) in [5.74, 6) is -0.658. The van der Waals surface area contributed by atoms with Gasteiger partial charge in [0.25, 0.3) is 0 Å². The Hall–Kier alpha value is -2.31. The van der Waals surface area contributed by atoms with Gasteiger partial charge in [0.05, 0.1) is 19.8 Å². The first-order valence-corrected chi connectivity index (χ1v) is 6.90. The van der Waals surface area contributed by atoms with Crippen LogP contribution in [-0.4, -0.2) is 41.7 Å². The zero-order valence-corrected chi connectivity index (χ0v) is 12.1. The Morgan fingerprint density at radius 2 is 2.00 bits per heavy atom. The molecule has 0 unspecified atom stereocenters. The number of fused-ring (bicyclic) bond motifs is 1. The SMILES string of the molecule is CCOC(=O)c1c[nH]c2c(c1=O)CN(C(=O)OCC)CC2. The highest BCUT2D eigenvalue weighted by Crippen LogP contribution is 2.15. The second-order valence-electron chi connectivity index (χ2n) is 4.58. The minimum Gasteiger partial charge on any atom is -0.462 e. The number of esters is 1. The minimum absolute atomic E-state index is 0.0405. The van der Waals surface area contributed by atoms with Gasteiger partial charge in [-0.05, 0) is 13.8 Å². The number of nitrogens with zero attached hydrogens (tertiary/aromatic N) is 1. The van der Waals surface area contributed by atoms with Crippen molar-refractivity contribution in [2.45, 2.75) is 26.8 Å². The molecule has 7 nitrogen and oxygen atoms in total. The van der Waals surface area contributed by atoms with E-state index in [1.54, 1.807) is 13.8 Å². The summed E-state index contributed by atoms with van der Waals surface area (Å²) in [5, 5.41) is 0. The Bertz CT molecular complexity index is 608. The number of hydrogen-bond donors (Lipinski definition) is 1. The highest BCUT2D eigenvalue weighted by Gasteiger charge is 2.26. The van der Waals surface area contributed by atoms with E-state index in [1.165, 1.54) is 11.1 Å². The van der Waals surface area contributed by atoms with Gasteiger partial charge in [-0.25, -0.2) is 9.59 Å². The summed E-state index contributed by atoms with van der Waals surface area (Å²) in [6.07, 6.45) is 1.44. The largest absolute Gasteiger partial charge is 0.462 e. The molecule has 0 saturated carbocycles. The van der Waals surface area contributed by atoms with Crippen LogP contribution in [-0.2, 0) is 22.4 Å². The fraction of sp³-hybridized carbons (Fsp3) is 0.500. The van der Waals surface area contributed by atoms with E-state index in [2.05, 4.69) is 4.98 Å². The van der Waals surface area contributed by atoms with Gasteiger partial charge in [-0.2, -0.15) is 0 Å². The van der Waals surface area contributed by atoms with E-state index in [-0.39, 0.29) is 25.3 Å². The molecule has 0 spiro atoms. The molecule has 21 heavy (non-hydrogen) atoms. The molecule has 114 valence electrons. The Balaban J connectivity index is 2.29. The summed E-state index contributed by atoms with van der Waals surface area (Å²) >= 11 is 0. The molecule has 0 atom stereocenters. The van der Waals surface area contributed by atoms with Crippen molar-refractivity contribution in [2.24, 2.45) is 0 Å². The van der Waals surface area contributed by atoms with Gasteiger partial charge in [0.1, 0.15) is 5.56 Å². The van der Waals surface area contributed by atoms with Crippen LogP contribution in [0.15, 0.2) is 11.0 Å². The van der Waals surface area contributed by atoms with Gasteiger partial charge in [-0.15, -0.1) is 0 Å². The lowest BCUT2D eigenvalue weighted by molar-refractivity contribution is 0.0524. The molecular formula is C14H18N2O5. The van der Waals surface area contributed by atoms with Gasteiger partial charge >= 0.3 is 12.1 Å². The number of rotatable bonds is 3. The lowest BCUT2D eigenvalue weighted by Crippen LogP contribution is -2.40. The molecular weight excluding hydrogens is 276 g/mol. The number of H-pyrrole nitrogens is 1. The Morgan fingerprint density at radius 1 is 1.29 bits per heavy atom. The smallest absolute Gasteiger partial charge is 0.410 e. The molecule has 1 aromatic heterocycles. The van der Waals surface area contributed by atoms with Crippen molar-refractivity contribution >= 4 is 12.1 Å². The molecule has 2 rings (SSSR count). The van der Waals surface area contributed by atoms with Gasteiger partial charge in [-0.3, -0.25) is 4.79 Å². The summed E-state index contributed by atoms with van der Waals surface area (Å²) in [6, 6.07) is 0. The lowest BCUT2D eigenvalue weighted by Gasteiger charge is -2.27. The van der Waals surface area contributed by atoms with Crippen LogP contribution < -0.4 is 5.43 Å². The van der Waals surface area contributed by atoms with Crippen molar-refractivity contribution in [3.8, 4) is 0 Å².